The Morgan fingerprint density at radius 1 is 1.27 bits per heavy atom. The molecule has 2 fully saturated rings. The first kappa shape index (κ1) is 11.7. The Morgan fingerprint density at radius 3 is 2.40 bits per heavy atom. The topological polar surface area (TPSA) is 23.5 Å². The number of rotatable bonds is 3. The molecule has 1 heterocycles. The van der Waals surface area contributed by atoms with E-state index < -0.39 is 5.60 Å². The zero-order valence-corrected chi connectivity index (χ0v) is 10.6. The quantitative estimate of drug-likeness (QED) is 0.723. The molecule has 0 amide bonds. The Bertz CT molecular complexity index is 224. The molecule has 1 aliphatic heterocycles. The fourth-order valence-corrected chi connectivity index (χ4v) is 3.56. The van der Waals surface area contributed by atoms with E-state index in [4.69, 9.17) is 0 Å². The smallest absolute Gasteiger partial charge is 0.0758 e. The summed E-state index contributed by atoms with van der Waals surface area (Å²) in [6.07, 6.45) is 6.32. The normalized spacial score (nSPS) is 36.2. The van der Waals surface area contributed by atoms with Crippen molar-refractivity contribution in [2.24, 2.45) is 5.41 Å². The van der Waals surface area contributed by atoms with Gasteiger partial charge in [0.2, 0.25) is 0 Å². The van der Waals surface area contributed by atoms with Crippen molar-refractivity contribution in [2.45, 2.75) is 44.6 Å². The molecule has 15 heavy (non-hydrogen) atoms. The lowest BCUT2D eigenvalue weighted by molar-refractivity contribution is 0.0627. The van der Waals surface area contributed by atoms with Gasteiger partial charge in [0.1, 0.15) is 0 Å². The molecule has 0 spiro atoms. The van der Waals surface area contributed by atoms with E-state index >= 15 is 0 Å². The third kappa shape index (κ3) is 2.69. The molecule has 1 aliphatic carbocycles. The molecule has 1 saturated carbocycles. The van der Waals surface area contributed by atoms with E-state index in [0.717, 1.165) is 31.8 Å². The maximum atomic E-state index is 9.93. The van der Waals surface area contributed by atoms with Gasteiger partial charge in [-0.3, -0.25) is 4.90 Å². The molecule has 3 heteroatoms. The summed E-state index contributed by atoms with van der Waals surface area (Å²) in [6, 6.07) is 0. The summed E-state index contributed by atoms with van der Waals surface area (Å²) in [7, 11) is 0. The molecule has 1 atom stereocenters. The highest BCUT2D eigenvalue weighted by Crippen LogP contribution is 2.40. The Morgan fingerprint density at radius 2 is 1.93 bits per heavy atom. The summed E-state index contributed by atoms with van der Waals surface area (Å²) in [6.45, 7) is 5.01. The predicted octanol–water partition coefficient (Wildman–Crippen LogP) is 1.93. The number of nitrogens with zero attached hydrogens (tertiary/aromatic N) is 1. The maximum absolute atomic E-state index is 9.93. The average Bonchev–Trinajstić information content (AvgIpc) is 2.75. The molecule has 0 aromatic carbocycles. The number of aliphatic hydroxyl groups is 1. The van der Waals surface area contributed by atoms with Gasteiger partial charge in [0, 0.05) is 19.6 Å². The van der Waals surface area contributed by atoms with Gasteiger partial charge >= 0.3 is 0 Å². The molecule has 0 bridgehead atoms. The van der Waals surface area contributed by atoms with Crippen LogP contribution in [-0.2, 0) is 0 Å². The van der Waals surface area contributed by atoms with Crippen LogP contribution in [0.5, 0.6) is 0 Å². The second-order valence-electron chi connectivity index (χ2n) is 5.82. The van der Waals surface area contributed by atoms with Gasteiger partial charge in [0.05, 0.1) is 5.60 Å². The number of hydrogen-bond acceptors (Lipinski definition) is 3. The van der Waals surface area contributed by atoms with Crippen LogP contribution in [0.1, 0.15) is 39.0 Å². The zero-order chi connectivity index (χ0) is 10.9. The number of β-amino-alcohol motifs (C(OH)–C–C–N with tert-alkyl or cyclic N) is 1. The zero-order valence-electron chi connectivity index (χ0n) is 9.71. The Balaban J connectivity index is 1.91. The second-order valence-corrected chi connectivity index (χ2v) is 6.14. The summed E-state index contributed by atoms with van der Waals surface area (Å²) < 4.78 is 0. The van der Waals surface area contributed by atoms with Crippen molar-refractivity contribution in [3.05, 3.63) is 0 Å². The fourth-order valence-electron chi connectivity index (χ4n) is 3.14. The van der Waals surface area contributed by atoms with Gasteiger partial charge in [0.25, 0.3) is 0 Å². The predicted molar refractivity (Wildman–Crippen MR) is 66.4 cm³/mol. The summed E-state index contributed by atoms with van der Waals surface area (Å²) in [5.41, 5.74) is -0.0000754. The molecule has 88 valence electrons. The lowest BCUT2D eigenvalue weighted by Crippen LogP contribution is -2.38. The minimum absolute atomic E-state index is 0.448. The lowest BCUT2D eigenvalue weighted by atomic mass is 9.88. The fraction of sp³-hybridized carbons (Fsp3) is 1.00. The summed E-state index contributed by atoms with van der Waals surface area (Å²) in [4.78, 5) is 2.43. The molecule has 2 nitrogen and oxygen atoms in total. The van der Waals surface area contributed by atoms with Crippen LogP contribution in [0.2, 0.25) is 0 Å². The molecule has 2 rings (SSSR count). The van der Waals surface area contributed by atoms with Crippen LogP contribution in [0.25, 0.3) is 0 Å². The molecule has 0 aromatic heterocycles. The highest BCUT2D eigenvalue weighted by atomic mass is 32.1. The molecule has 1 N–H and O–H groups in total. The monoisotopic (exact) mass is 229 g/mol. The molecular formula is C12H23NOS. The molecule has 0 aromatic rings. The van der Waals surface area contributed by atoms with Gasteiger partial charge in [-0.05, 0) is 37.4 Å². The third-order valence-corrected chi connectivity index (χ3v) is 4.76. The van der Waals surface area contributed by atoms with Crippen LogP contribution in [0.15, 0.2) is 0 Å². The summed E-state index contributed by atoms with van der Waals surface area (Å²) in [5, 5.41) is 9.93. The van der Waals surface area contributed by atoms with Crippen molar-refractivity contribution >= 4 is 12.6 Å². The van der Waals surface area contributed by atoms with E-state index in [0.29, 0.717) is 5.41 Å². The van der Waals surface area contributed by atoms with Crippen LogP contribution in [0, 0.1) is 5.41 Å². The van der Waals surface area contributed by atoms with E-state index in [1.54, 1.807) is 0 Å². The third-order valence-electron chi connectivity index (χ3n) is 4.09. The number of likely N-dealkylation sites (tertiary alicyclic amines) is 1. The van der Waals surface area contributed by atoms with E-state index in [1.165, 1.54) is 25.7 Å². The SMILES string of the molecule is CC1(O)CCN(CC2(CS)CCCC2)C1. The summed E-state index contributed by atoms with van der Waals surface area (Å²) >= 11 is 4.53. The van der Waals surface area contributed by atoms with Crippen LogP contribution < -0.4 is 0 Å². The Labute approximate surface area is 98.5 Å². The van der Waals surface area contributed by atoms with Crippen molar-refractivity contribution in [1.82, 2.24) is 4.90 Å². The minimum atomic E-state index is -0.448. The highest BCUT2D eigenvalue weighted by molar-refractivity contribution is 7.80. The van der Waals surface area contributed by atoms with E-state index in [-0.39, 0.29) is 0 Å². The van der Waals surface area contributed by atoms with Gasteiger partial charge in [-0.1, -0.05) is 12.8 Å². The Hall–Kier alpha value is 0.270. The molecule has 0 radical (unpaired) electrons. The van der Waals surface area contributed by atoms with Crippen molar-refractivity contribution in [3.8, 4) is 0 Å². The standard InChI is InChI=1S/C12H23NOS/c1-11(14)6-7-13(8-11)9-12(10-15)4-2-3-5-12/h14-15H,2-10H2,1H3. The first-order chi connectivity index (χ1) is 7.05. The number of hydrogen-bond donors (Lipinski definition) is 2. The van der Waals surface area contributed by atoms with Crippen LogP contribution in [0.4, 0.5) is 0 Å². The van der Waals surface area contributed by atoms with Crippen molar-refractivity contribution in [1.29, 1.82) is 0 Å². The Kier molecular flexibility index (Phi) is 3.34. The summed E-state index contributed by atoms with van der Waals surface area (Å²) in [5.74, 6) is 1.01. The molecular weight excluding hydrogens is 206 g/mol. The molecule has 1 saturated heterocycles. The van der Waals surface area contributed by atoms with Gasteiger partial charge in [0.15, 0.2) is 0 Å². The molecule has 2 aliphatic rings. The van der Waals surface area contributed by atoms with Crippen molar-refractivity contribution in [2.75, 3.05) is 25.4 Å². The van der Waals surface area contributed by atoms with Crippen LogP contribution in [-0.4, -0.2) is 41.0 Å². The van der Waals surface area contributed by atoms with E-state index in [2.05, 4.69) is 17.5 Å². The maximum Gasteiger partial charge on any atom is 0.0758 e. The average molecular weight is 229 g/mol. The minimum Gasteiger partial charge on any atom is -0.389 e. The largest absolute Gasteiger partial charge is 0.389 e. The first-order valence-corrected chi connectivity index (χ1v) is 6.74. The van der Waals surface area contributed by atoms with E-state index in [1.807, 2.05) is 6.92 Å². The van der Waals surface area contributed by atoms with Gasteiger partial charge in [-0.25, -0.2) is 0 Å². The van der Waals surface area contributed by atoms with Gasteiger partial charge in [-0.2, -0.15) is 12.6 Å². The molecule has 1 unspecified atom stereocenters. The van der Waals surface area contributed by atoms with Crippen LogP contribution in [0.3, 0.4) is 0 Å². The van der Waals surface area contributed by atoms with Gasteiger partial charge in [-0.15, -0.1) is 0 Å². The van der Waals surface area contributed by atoms with Gasteiger partial charge < -0.3 is 5.11 Å². The van der Waals surface area contributed by atoms with Crippen molar-refractivity contribution in [3.63, 3.8) is 0 Å². The van der Waals surface area contributed by atoms with Crippen LogP contribution >= 0.6 is 12.6 Å². The number of thiol groups is 1. The second kappa shape index (κ2) is 4.27. The first-order valence-electron chi connectivity index (χ1n) is 6.11. The van der Waals surface area contributed by atoms with Crippen molar-refractivity contribution < 1.29 is 5.11 Å². The van der Waals surface area contributed by atoms with E-state index in [9.17, 15) is 5.11 Å². The lowest BCUT2D eigenvalue weighted by Gasteiger charge is -2.32. The highest BCUT2D eigenvalue weighted by Gasteiger charge is 2.38.